The van der Waals surface area contributed by atoms with Crippen LogP contribution in [-0.2, 0) is 25.7 Å². The highest BCUT2D eigenvalue weighted by molar-refractivity contribution is 5.85. The molecule has 4 N–H and O–H groups in total. The third kappa shape index (κ3) is 4.30. The molecule has 5 heteroatoms. The summed E-state index contributed by atoms with van der Waals surface area (Å²) in [6.07, 6.45) is 7.59. The number of aliphatic hydroxyl groups is 1. The maximum absolute atomic E-state index is 10.8. The first-order chi connectivity index (χ1) is 13.6. The highest BCUT2D eigenvalue weighted by Gasteiger charge is 2.24. The van der Waals surface area contributed by atoms with Crippen LogP contribution >= 0.6 is 12.4 Å². The highest BCUT2D eigenvalue weighted by atomic mass is 35.5. The SMILES string of the molecule is CCc1cc2c(cc1CC)CC(NC[C@H](O)c1ccc(O)c3c1C=CCN3)C2.Cl. The normalized spacial score (nSPS) is 16.0. The standard InChI is InChI=1S/C24H30N2O2.ClH/c1-3-15-10-17-12-19(13-18(17)11-16(15)4-2)26-14-23(28)20-7-8-22(27)24-21(20)6-5-9-25-24;/h5-8,10-11,19,23,25-28H,3-4,9,12-14H2,1-2H3;1H/t23-;/m0./s1. The zero-order valence-corrected chi connectivity index (χ0v) is 18.0. The number of nitrogens with one attached hydrogen (secondary N) is 2. The second-order valence-electron chi connectivity index (χ2n) is 7.87. The van der Waals surface area contributed by atoms with Gasteiger partial charge in [-0.2, -0.15) is 0 Å². The molecule has 29 heavy (non-hydrogen) atoms. The predicted octanol–water partition coefficient (Wildman–Crippen LogP) is 4.17. The second kappa shape index (κ2) is 9.21. The monoisotopic (exact) mass is 414 g/mol. The largest absolute Gasteiger partial charge is 0.506 e. The van der Waals surface area contributed by atoms with Gasteiger partial charge < -0.3 is 20.8 Å². The van der Waals surface area contributed by atoms with Crippen molar-refractivity contribution < 1.29 is 10.2 Å². The van der Waals surface area contributed by atoms with Gasteiger partial charge in [-0.3, -0.25) is 0 Å². The fourth-order valence-electron chi connectivity index (χ4n) is 4.58. The second-order valence-corrected chi connectivity index (χ2v) is 7.87. The van der Waals surface area contributed by atoms with Crippen LogP contribution < -0.4 is 10.6 Å². The fraction of sp³-hybridized carbons (Fsp3) is 0.417. The number of phenolic OH excluding ortho intramolecular Hbond substituents is 1. The summed E-state index contributed by atoms with van der Waals surface area (Å²) in [6, 6.07) is 8.62. The number of phenols is 1. The van der Waals surface area contributed by atoms with Gasteiger partial charge in [0.15, 0.2) is 0 Å². The van der Waals surface area contributed by atoms with Crippen LogP contribution in [0, 0.1) is 0 Å². The first-order valence-electron chi connectivity index (χ1n) is 10.4. The van der Waals surface area contributed by atoms with Gasteiger partial charge in [-0.1, -0.05) is 44.2 Å². The van der Waals surface area contributed by atoms with Gasteiger partial charge in [0.05, 0.1) is 11.8 Å². The maximum atomic E-state index is 10.8. The third-order valence-electron chi connectivity index (χ3n) is 6.11. The van der Waals surface area contributed by atoms with Gasteiger partial charge in [0.2, 0.25) is 0 Å². The van der Waals surface area contributed by atoms with E-state index in [0.717, 1.165) is 36.8 Å². The molecule has 1 aliphatic carbocycles. The van der Waals surface area contributed by atoms with E-state index in [0.29, 0.717) is 24.8 Å². The summed E-state index contributed by atoms with van der Waals surface area (Å²) < 4.78 is 0. The lowest BCUT2D eigenvalue weighted by Crippen LogP contribution is -2.33. The topological polar surface area (TPSA) is 64.5 Å². The molecule has 0 bridgehead atoms. The van der Waals surface area contributed by atoms with E-state index in [1.807, 2.05) is 18.2 Å². The lowest BCUT2D eigenvalue weighted by molar-refractivity contribution is 0.170. The van der Waals surface area contributed by atoms with Crippen molar-refractivity contribution in [3.8, 4) is 5.75 Å². The quantitative estimate of drug-likeness (QED) is 0.536. The predicted molar refractivity (Wildman–Crippen MR) is 122 cm³/mol. The Morgan fingerprint density at radius 2 is 1.76 bits per heavy atom. The number of aryl methyl sites for hydroxylation is 2. The van der Waals surface area contributed by atoms with Crippen molar-refractivity contribution in [2.45, 2.75) is 51.7 Å². The molecular formula is C24H31ClN2O2. The van der Waals surface area contributed by atoms with Crippen molar-refractivity contribution in [3.63, 3.8) is 0 Å². The van der Waals surface area contributed by atoms with Crippen LogP contribution in [0.5, 0.6) is 5.75 Å². The molecular weight excluding hydrogens is 384 g/mol. The molecule has 0 amide bonds. The van der Waals surface area contributed by atoms with Gasteiger partial charge in [0.25, 0.3) is 0 Å². The van der Waals surface area contributed by atoms with Gasteiger partial charge in [0, 0.05) is 24.7 Å². The Labute approximate surface area is 179 Å². The summed E-state index contributed by atoms with van der Waals surface area (Å²) in [5.74, 6) is 0.230. The molecule has 2 aromatic rings. The summed E-state index contributed by atoms with van der Waals surface area (Å²) in [7, 11) is 0. The van der Waals surface area contributed by atoms with Gasteiger partial charge >= 0.3 is 0 Å². The molecule has 1 aliphatic heterocycles. The number of hydrogen-bond acceptors (Lipinski definition) is 4. The minimum atomic E-state index is -0.611. The van der Waals surface area contributed by atoms with E-state index < -0.39 is 6.10 Å². The fourth-order valence-corrected chi connectivity index (χ4v) is 4.58. The molecule has 4 nitrogen and oxygen atoms in total. The van der Waals surface area contributed by atoms with Gasteiger partial charge in [0.1, 0.15) is 5.75 Å². The van der Waals surface area contributed by atoms with E-state index in [2.05, 4.69) is 36.6 Å². The van der Waals surface area contributed by atoms with E-state index >= 15 is 0 Å². The van der Waals surface area contributed by atoms with E-state index in [1.165, 1.54) is 22.3 Å². The number of halogens is 1. The summed E-state index contributed by atoms with van der Waals surface area (Å²) in [5, 5.41) is 27.6. The maximum Gasteiger partial charge on any atom is 0.139 e. The Kier molecular flexibility index (Phi) is 6.89. The van der Waals surface area contributed by atoms with Gasteiger partial charge in [-0.05, 0) is 59.6 Å². The Balaban J connectivity index is 0.00000240. The van der Waals surface area contributed by atoms with Crippen LogP contribution in [-0.4, -0.2) is 29.3 Å². The van der Waals surface area contributed by atoms with E-state index in [4.69, 9.17) is 0 Å². The lowest BCUT2D eigenvalue weighted by Gasteiger charge is -2.22. The first kappa shape index (κ1) is 21.7. The van der Waals surface area contributed by atoms with E-state index in [-0.39, 0.29) is 18.2 Å². The van der Waals surface area contributed by atoms with Gasteiger partial charge in [-0.25, -0.2) is 0 Å². The first-order valence-corrected chi connectivity index (χ1v) is 10.4. The van der Waals surface area contributed by atoms with Crippen molar-refractivity contribution in [2.24, 2.45) is 0 Å². The Bertz CT molecular complexity index is 877. The number of anilines is 1. The highest BCUT2D eigenvalue weighted by Crippen LogP contribution is 2.36. The third-order valence-corrected chi connectivity index (χ3v) is 6.11. The summed E-state index contributed by atoms with van der Waals surface area (Å²) >= 11 is 0. The Morgan fingerprint density at radius 1 is 1.10 bits per heavy atom. The molecule has 156 valence electrons. The molecule has 0 spiro atoms. The van der Waals surface area contributed by atoms with Crippen LogP contribution in [0.25, 0.3) is 6.08 Å². The average molecular weight is 415 g/mol. The number of hydrogen-bond donors (Lipinski definition) is 4. The number of aromatic hydroxyl groups is 1. The molecule has 0 unspecified atom stereocenters. The van der Waals surface area contributed by atoms with Crippen molar-refractivity contribution >= 4 is 24.2 Å². The minimum absolute atomic E-state index is 0. The van der Waals surface area contributed by atoms with Crippen LogP contribution in [0.2, 0.25) is 0 Å². The van der Waals surface area contributed by atoms with Crippen LogP contribution in [0.4, 0.5) is 5.69 Å². The molecule has 1 heterocycles. The van der Waals surface area contributed by atoms with Crippen molar-refractivity contribution in [1.29, 1.82) is 0 Å². The molecule has 2 aromatic carbocycles. The zero-order valence-electron chi connectivity index (χ0n) is 17.2. The van der Waals surface area contributed by atoms with E-state index in [1.54, 1.807) is 6.07 Å². The van der Waals surface area contributed by atoms with Crippen molar-refractivity contribution in [2.75, 3.05) is 18.4 Å². The summed E-state index contributed by atoms with van der Waals surface area (Å²) in [6.45, 7) is 5.65. The Morgan fingerprint density at radius 3 is 2.38 bits per heavy atom. The van der Waals surface area contributed by atoms with Crippen molar-refractivity contribution in [1.82, 2.24) is 5.32 Å². The molecule has 0 saturated heterocycles. The summed E-state index contributed by atoms with van der Waals surface area (Å²) in [5.41, 5.74) is 8.29. The number of fused-ring (bicyclic) bond motifs is 2. The number of benzene rings is 2. The lowest BCUT2D eigenvalue weighted by atomic mass is 9.97. The number of rotatable bonds is 6. The number of aliphatic hydroxyl groups excluding tert-OH is 1. The smallest absolute Gasteiger partial charge is 0.139 e. The molecule has 2 aliphatic rings. The van der Waals surface area contributed by atoms with Crippen LogP contribution in [0.15, 0.2) is 30.3 Å². The van der Waals surface area contributed by atoms with Crippen LogP contribution in [0.3, 0.4) is 0 Å². The molecule has 0 aromatic heterocycles. The van der Waals surface area contributed by atoms with Gasteiger partial charge in [-0.15, -0.1) is 12.4 Å². The Hall–Kier alpha value is -2.01. The van der Waals surface area contributed by atoms with E-state index in [9.17, 15) is 10.2 Å². The summed E-state index contributed by atoms with van der Waals surface area (Å²) in [4.78, 5) is 0. The van der Waals surface area contributed by atoms with Crippen molar-refractivity contribution in [3.05, 3.63) is 63.7 Å². The average Bonchev–Trinajstić information content (AvgIpc) is 3.13. The molecule has 1 atom stereocenters. The molecule has 0 radical (unpaired) electrons. The van der Waals surface area contributed by atoms with Crippen LogP contribution in [0.1, 0.15) is 53.3 Å². The molecule has 4 rings (SSSR count). The molecule has 0 fully saturated rings. The minimum Gasteiger partial charge on any atom is -0.506 e. The molecule has 0 saturated carbocycles. The zero-order chi connectivity index (χ0) is 19.7.